The van der Waals surface area contributed by atoms with Crippen LogP contribution in [0.25, 0.3) is 0 Å². The second-order valence-corrected chi connectivity index (χ2v) is 10.5. The van der Waals surface area contributed by atoms with Gasteiger partial charge < -0.3 is 14.8 Å². The van der Waals surface area contributed by atoms with Crippen LogP contribution in [0.15, 0.2) is 52.2 Å². The fraction of sp³-hybridized carbons (Fsp3) is 0.370. The molecule has 0 radical (unpaired) electrons. The maximum absolute atomic E-state index is 13.9. The van der Waals surface area contributed by atoms with Crippen molar-refractivity contribution in [2.24, 2.45) is 10.9 Å². The van der Waals surface area contributed by atoms with Gasteiger partial charge in [-0.05, 0) is 43.9 Å². The minimum absolute atomic E-state index is 0.0812. The van der Waals surface area contributed by atoms with Crippen molar-refractivity contribution in [3.05, 3.63) is 79.9 Å². The van der Waals surface area contributed by atoms with E-state index in [9.17, 15) is 14.0 Å². The van der Waals surface area contributed by atoms with Gasteiger partial charge >= 0.3 is 11.9 Å². The monoisotopic (exact) mass is 571 g/mol. The minimum Gasteiger partial charge on any atom is -0.469 e. The first-order chi connectivity index (χ1) is 18.9. The van der Waals surface area contributed by atoms with Crippen molar-refractivity contribution in [1.82, 2.24) is 20.1 Å². The van der Waals surface area contributed by atoms with Crippen molar-refractivity contribution in [3.63, 3.8) is 0 Å². The zero-order chi connectivity index (χ0) is 27.5. The number of methoxy groups -OCH3 is 1. The number of esters is 2. The van der Waals surface area contributed by atoms with E-state index in [2.05, 4.69) is 15.4 Å². The molecule has 0 amide bonds. The first-order valence-corrected chi connectivity index (χ1v) is 13.9. The van der Waals surface area contributed by atoms with Crippen LogP contribution in [0, 0.1) is 11.7 Å². The van der Waals surface area contributed by atoms with Gasteiger partial charge in [0.2, 0.25) is 0 Å². The summed E-state index contributed by atoms with van der Waals surface area (Å²) in [5, 5.41) is 10.7. The van der Waals surface area contributed by atoms with Crippen LogP contribution >= 0.6 is 22.9 Å². The Bertz CT molecular complexity index is 1450. The highest BCUT2D eigenvalue weighted by molar-refractivity contribution is 7.11. The van der Waals surface area contributed by atoms with E-state index >= 15 is 0 Å². The number of hydrogen-bond acceptors (Lipinski definition) is 9. The van der Waals surface area contributed by atoms with Crippen LogP contribution in [0.1, 0.15) is 47.6 Å². The Kier molecular flexibility index (Phi) is 8.08. The lowest BCUT2D eigenvalue weighted by Gasteiger charge is -2.33. The molecule has 9 nitrogen and oxygen atoms in total. The molecule has 12 heteroatoms. The molecule has 2 aliphatic rings. The molecule has 0 spiro atoms. The third-order valence-corrected chi connectivity index (χ3v) is 7.87. The van der Waals surface area contributed by atoms with Crippen molar-refractivity contribution in [2.75, 3.05) is 13.7 Å². The maximum atomic E-state index is 13.9. The molecule has 2 aromatic heterocycles. The second-order valence-electron chi connectivity index (χ2n) is 9.19. The first kappa shape index (κ1) is 27.0. The number of aryl methyl sites for hydroxylation is 2. The molecule has 0 bridgehead atoms. The normalized spacial score (nSPS) is 18.7. The van der Waals surface area contributed by atoms with E-state index in [1.807, 2.05) is 11.6 Å². The number of carbonyl (C=O) groups excluding carboxylic acids is 2. The molecule has 204 valence electrons. The highest BCUT2D eigenvalue weighted by Gasteiger charge is 2.38. The van der Waals surface area contributed by atoms with E-state index in [0.717, 1.165) is 17.7 Å². The first-order valence-electron chi connectivity index (χ1n) is 12.6. The van der Waals surface area contributed by atoms with Crippen LogP contribution < -0.4 is 5.32 Å². The number of halogens is 2. The van der Waals surface area contributed by atoms with E-state index in [1.165, 1.54) is 30.6 Å². The van der Waals surface area contributed by atoms with E-state index in [0.29, 0.717) is 47.1 Å². The number of benzene rings is 1. The van der Waals surface area contributed by atoms with Crippen molar-refractivity contribution in [3.8, 4) is 0 Å². The summed E-state index contributed by atoms with van der Waals surface area (Å²) in [5.41, 5.74) is 3.55. The Morgan fingerprint density at radius 1 is 1.33 bits per heavy atom. The highest BCUT2D eigenvalue weighted by atomic mass is 35.5. The Labute approximate surface area is 233 Å². The largest absolute Gasteiger partial charge is 0.469 e. The molecule has 1 aliphatic carbocycles. The number of ether oxygens (including phenoxy) is 2. The zero-order valence-electron chi connectivity index (χ0n) is 21.4. The van der Waals surface area contributed by atoms with E-state index in [1.54, 1.807) is 23.9 Å². The molecule has 3 aromatic rings. The summed E-state index contributed by atoms with van der Waals surface area (Å²) in [7, 11) is 1.36. The van der Waals surface area contributed by atoms with Crippen molar-refractivity contribution in [2.45, 2.75) is 45.2 Å². The Balaban J connectivity index is 1.55. The molecule has 2 atom stereocenters. The van der Waals surface area contributed by atoms with Gasteiger partial charge in [0.1, 0.15) is 11.9 Å². The second kappa shape index (κ2) is 11.7. The van der Waals surface area contributed by atoms with Crippen molar-refractivity contribution < 1.29 is 23.5 Å². The van der Waals surface area contributed by atoms with Crippen LogP contribution in [0.4, 0.5) is 4.39 Å². The summed E-state index contributed by atoms with van der Waals surface area (Å²) in [6.45, 7) is 2.35. The van der Waals surface area contributed by atoms with Gasteiger partial charge in [0.15, 0.2) is 10.8 Å². The number of fused-ring (bicyclic) bond motifs is 1. The molecule has 5 rings (SSSR count). The number of nitrogens with zero attached hydrogens (tertiary/aromatic N) is 4. The van der Waals surface area contributed by atoms with Gasteiger partial charge in [0, 0.05) is 40.0 Å². The summed E-state index contributed by atoms with van der Waals surface area (Å²) in [5.74, 6) is -0.850. The molecule has 1 aromatic carbocycles. The standard InChI is InChI=1S/C27H27ClFN5O4S/c1-3-38-27(36)22-23(15-4-7-20-16(12-15)14-34(33-20)10-8-21(35)37-2)31-25(26-30-9-11-39-26)32-24(22)18-6-5-17(29)13-19(18)28/h5-6,9,11,13-15,24H,3-4,7-8,10,12H2,1-2H3,(H,31,32). The number of carbonyl (C=O) groups is 2. The lowest BCUT2D eigenvalue weighted by molar-refractivity contribution is -0.141. The summed E-state index contributed by atoms with van der Waals surface area (Å²) >= 11 is 7.90. The molecule has 0 fully saturated rings. The summed E-state index contributed by atoms with van der Waals surface area (Å²) in [6.07, 6.45) is 5.90. The van der Waals surface area contributed by atoms with Crippen LogP contribution in [0.3, 0.4) is 0 Å². The molecule has 39 heavy (non-hydrogen) atoms. The number of aliphatic imine (C=N–C) groups is 1. The Hall–Kier alpha value is -3.57. The number of thiazole rings is 1. The Morgan fingerprint density at radius 3 is 2.90 bits per heavy atom. The third-order valence-electron chi connectivity index (χ3n) is 6.76. The average Bonchev–Trinajstić information content (AvgIpc) is 3.61. The highest BCUT2D eigenvalue weighted by Crippen LogP contribution is 2.40. The van der Waals surface area contributed by atoms with Gasteiger partial charge in [-0.3, -0.25) is 14.5 Å². The predicted octanol–water partition coefficient (Wildman–Crippen LogP) is 4.41. The molecule has 1 aliphatic heterocycles. The van der Waals surface area contributed by atoms with Gasteiger partial charge in [-0.2, -0.15) is 5.10 Å². The molecule has 0 saturated carbocycles. The van der Waals surface area contributed by atoms with E-state index in [-0.39, 0.29) is 29.9 Å². The molecule has 0 saturated heterocycles. The number of allylic oxidation sites excluding steroid dienone is 1. The lowest BCUT2D eigenvalue weighted by Crippen LogP contribution is -2.38. The van der Waals surface area contributed by atoms with Gasteiger partial charge in [0.05, 0.1) is 37.9 Å². The Morgan fingerprint density at radius 2 is 2.18 bits per heavy atom. The third kappa shape index (κ3) is 5.74. The molecule has 2 unspecified atom stereocenters. The van der Waals surface area contributed by atoms with E-state index in [4.69, 9.17) is 26.1 Å². The van der Waals surface area contributed by atoms with Crippen molar-refractivity contribution in [1.29, 1.82) is 0 Å². The molecular formula is C27H27ClFN5O4S. The average molecular weight is 572 g/mol. The van der Waals surface area contributed by atoms with Gasteiger partial charge in [-0.25, -0.2) is 14.2 Å². The predicted molar refractivity (Wildman–Crippen MR) is 144 cm³/mol. The molecule has 1 N–H and O–H groups in total. The van der Waals surface area contributed by atoms with Crippen molar-refractivity contribution >= 4 is 40.7 Å². The topological polar surface area (TPSA) is 108 Å². The van der Waals surface area contributed by atoms with Gasteiger partial charge in [-0.1, -0.05) is 17.7 Å². The maximum Gasteiger partial charge on any atom is 0.338 e. The van der Waals surface area contributed by atoms with Crippen LogP contribution in [-0.4, -0.2) is 46.3 Å². The number of nitrogens with one attached hydrogen (secondary N) is 1. The van der Waals surface area contributed by atoms with E-state index < -0.39 is 17.8 Å². The number of amidine groups is 1. The lowest BCUT2D eigenvalue weighted by atomic mass is 9.81. The fourth-order valence-electron chi connectivity index (χ4n) is 4.95. The summed E-state index contributed by atoms with van der Waals surface area (Å²) in [6, 6.07) is 3.27. The fourth-order valence-corrected chi connectivity index (χ4v) is 5.81. The van der Waals surface area contributed by atoms with Gasteiger partial charge in [-0.15, -0.1) is 11.3 Å². The smallest absolute Gasteiger partial charge is 0.338 e. The minimum atomic E-state index is -0.809. The van der Waals surface area contributed by atoms with Crippen LogP contribution in [0.2, 0.25) is 5.02 Å². The number of aromatic nitrogens is 3. The zero-order valence-corrected chi connectivity index (χ0v) is 23.0. The molecule has 3 heterocycles. The quantitative estimate of drug-likeness (QED) is 0.399. The van der Waals surface area contributed by atoms with Crippen LogP contribution in [0.5, 0.6) is 0 Å². The number of hydrogen-bond donors (Lipinski definition) is 1. The van der Waals surface area contributed by atoms with Crippen LogP contribution in [-0.2, 0) is 38.4 Å². The SMILES string of the molecule is CCOC(=O)C1=C(C2CCc3nn(CCC(=O)OC)cc3C2)NC(c2nccs2)=NC1c1ccc(F)cc1Cl. The molecular weight excluding hydrogens is 545 g/mol. The number of rotatable bonds is 8. The van der Waals surface area contributed by atoms with Gasteiger partial charge in [0.25, 0.3) is 0 Å². The summed E-state index contributed by atoms with van der Waals surface area (Å²) in [4.78, 5) is 34.3. The summed E-state index contributed by atoms with van der Waals surface area (Å²) < 4.78 is 25.9.